The van der Waals surface area contributed by atoms with E-state index in [4.69, 9.17) is 10.5 Å². The second-order valence-electron chi connectivity index (χ2n) is 5.44. The molecule has 0 fully saturated rings. The fraction of sp³-hybridized carbons (Fsp3) is 0.105. The summed E-state index contributed by atoms with van der Waals surface area (Å²) in [7, 11) is 0. The van der Waals surface area contributed by atoms with Crippen molar-refractivity contribution in [1.29, 1.82) is 0 Å². The lowest BCUT2D eigenvalue weighted by Gasteiger charge is -2.12. The number of esters is 1. The van der Waals surface area contributed by atoms with Crippen LogP contribution in [-0.2, 0) is 4.74 Å². The number of carbonyl (C=O) groups is 1. The van der Waals surface area contributed by atoms with Crippen molar-refractivity contribution in [2.75, 3.05) is 17.7 Å². The summed E-state index contributed by atoms with van der Waals surface area (Å²) >= 11 is 0. The Hall–Kier alpha value is -3.48. The lowest BCUT2D eigenvalue weighted by molar-refractivity contribution is 0.0526. The number of nitrogens with zero attached hydrogens (tertiary/aromatic N) is 2. The first-order valence-corrected chi connectivity index (χ1v) is 7.99. The van der Waals surface area contributed by atoms with E-state index in [9.17, 15) is 9.18 Å². The van der Waals surface area contributed by atoms with Gasteiger partial charge < -0.3 is 15.8 Å². The number of hydrogen-bond acceptors (Lipinski definition) is 6. The van der Waals surface area contributed by atoms with Crippen LogP contribution in [0.1, 0.15) is 17.3 Å². The van der Waals surface area contributed by atoms with Crippen molar-refractivity contribution in [1.82, 2.24) is 9.97 Å². The smallest absolute Gasteiger partial charge is 0.343 e. The molecule has 0 spiro atoms. The van der Waals surface area contributed by atoms with Crippen molar-refractivity contribution < 1.29 is 13.9 Å². The van der Waals surface area contributed by atoms with E-state index in [0.29, 0.717) is 22.8 Å². The number of anilines is 3. The Morgan fingerprint density at radius 2 is 2.04 bits per heavy atom. The highest BCUT2D eigenvalue weighted by atomic mass is 19.1. The zero-order valence-electron chi connectivity index (χ0n) is 14.1. The minimum absolute atomic E-state index is 0.156. The van der Waals surface area contributed by atoms with Gasteiger partial charge >= 0.3 is 5.97 Å². The first-order chi connectivity index (χ1) is 12.6. The molecule has 1 heterocycles. The van der Waals surface area contributed by atoms with Gasteiger partial charge in [-0.3, -0.25) is 0 Å². The van der Waals surface area contributed by atoms with Crippen molar-refractivity contribution in [3.8, 4) is 11.4 Å². The summed E-state index contributed by atoms with van der Waals surface area (Å²) in [6.45, 7) is 1.93. The molecule has 1 aromatic heterocycles. The number of carbonyl (C=O) groups excluding carboxylic acids is 1. The van der Waals surface area contributed by atoms with E-state index >= 15 is 0 Å². The molecule has 0 atom stereocenters. The highest BCUT2D eigenvalue weighted by Crippen LogP contribution is 2.24. The maximum absolute atomic E-state index is 13.5. The minimum Gasteiger partial charge on any atom is -0.462 e. The Bertz CT molecular complexity index is 946. The molecule has 132 valence electrons. The third-order valence-electron chi connectivity index (χ3n) is 3.52. The SMILES string of the molecule is CCOC(=O)c1cnc(-c2cccc(N)c2)nc1Nc1cccc(F)c1. The molecule has 26 heavy (non-hydrogen) atoms. The van der Waals surface area contributed by atoms with Crippen molar-refractivity contribution in [3.05, 3.63) is 66.1 Å². The summed E-state index contributed by atoms with van der Waals surface area (Å²) in [6, 6.07) is 12.9. The lowest BCUT2D eigenvalue weighted by atomic mass is 10.2. The normalized spacial score (nSPS) is 10.4. The average Bonchev–Trinajstić information content (AvgIpc) is 2.62. The van der Waals surface area contributed by atoms with Crippen molar-refractivity contribution in [3.63, 3.8) is 0 Å². The number of rotatable bonds is 5. The fourth-order valence-corrected chi connectivity index (χ4v) is 2.36. The summed E-state index contributed by atoms with van der Waals surface area (Å²) in [5.74, 6) is -0.367. The highest BCUT2D eigenvalue weighted by Gasteiger charge is 2.17. The molecular weight excluding hydrogens is 335 g/mol. The van der Waals surface area contributed by atoms with E-state index in [-0.39, 0.29) is 18.0 Å². The minimum atomic E-state index is -0.564. The maximum Gasteiger partial charge on any atom is 0.343 e. The van der Waals surface area contributed by atoms with Crippen molar-refractivity contribution in [2.24, 2.45) is 0 Å². The highest BCUT2D eigenvalue weighted by molar-refractivity contribution is 5.95. The van der Waals surface area contributed by atoms with Gasteiger partial charge in [0.25, 0.3) is 0 Å². The molecule has 0 radical (unpaired) electrons. The van der Waals surface area contributed by atoms with Crippen LogP contribution < -0.4 is 11.1 Å². The van der Waals surface area contributed by atoms with Crippen molar-refractivity contribution in [2.45, 2.75) is 6.92 Å². The van der Waals surface area contributed by atoms with Gasteiger partial charge in [0.1, 0.15) is 17.2 Å². The maximum atomic E-state index is 13.5. The summed E-state index contributed by atoms with van der Waals surface area (Å²) in [6.07, 6.45) is 1.38. The first kappa shape index (κ1) is 17.3. The quantitative estimate of drug-likeness (QED) is 0.536. The molecule has 6 nitrogen and oxygen atoms in total. The number of nitrogen functional groups attached to an aromatic ring is 1. The van der Waals surface area contributed by atoms with Crippen LogP contribution in [0.4, 0.5) is 21.6 Å². The molecular formula is C19H17FN4O2. The standard InChI is InChI=1S/C19H17FN4O2/c1-2-26-19(25)16-11-22-17(12-5-3-7-14(21)9-12)24-18(16)23-15-8-4-6-13(20)10-15/h3-11H,2,21H2,1H3,(H,22,23,24). The van der Waals surface area contributed by atoms with Gasteiger partial charge in [0.05, 0.1) is 6.61 Å². The summed E-state index contributed by atoms with van der Waals surface area (Å²) in [5.41, 5.74) is 7.68. The summed E-state index contributed by atoms with van der Waals surface area (Å²) in [5, 5.41) is 2.95. The third kappa shape index (κ3) is 3.94. The van der Waals surface area contributed by atoms with Crippen molar-refractivity contribution >= 4 is 23.2 Å². The molecule has 0 bridgehead atoms. The van der Waals surface area contributed by atoms with E-state index < -0.39 is 11.8 Å². The van der Waals surface area contributed by atoms with Crippen LogP contribution in [0.15, 0.2) is 54.7 Å². The zero-order chi connectivity index (χ0) is 18.5. The molecule has 0 aliphatic heterocycles. The first-order valence-electron chi connectivity index (χ1n) is 7.99. The summed E-state index contributed by atoms with van der Waals surface area (Å²) in [4.78, 5) is 20.8. The molecule has 0 saturated carbocycles. The average molecular weight is 352 g/mol. The molecule has 0 aliphatic carbocycles. The number of hydrogen-bond donors (Lipinski definition) is 2. The predicted octanol–water partition coefficient (Wildman–Crippen LogP) is 3.79. The number of ether oxygens (including phenoxy) is 1. The van der Waals surface area contributed by atoms with Gasteiger partial charge in [-0.1, -0.05) is 18.2 Å². The Morgan fingerprint density at radius 3 is 2.77 bits per heavy atom. The number of nitrogens with one attached hydrogen (secondary N) is 1. The second-order valence-corrected chi connectivity index (χ2v) is 5.44. The Balaban J connectivity index is 2.04. The van der Waals surface area contributed by atoms with E-state index in [1.165, 1.54) is 18.3 Å². The van der Waals surface area contributed by atoms with Crippen LogP contribution in [0.25, 0.3) is 11.4 Å². The van der Waals surface area contributed by atoms with Crippen LogP contribution in [0.3, 0.4) is 0 Å². The van der Waals surface area contributed by atoms with E-state index in [0.717, 1.165) is 0 Å². The van der Waals surface area contributed by atoms with E-state index in [1.54, 1.807) is 37.3 Å². The Morgan fingerprint density at radius 1 is 1.23 bits per heavy atom. The monoisotopic (exact) mass is 352 g/mol. The molecule has 0 aliphatic rings. The molecule has 0 amide bonds. The van der Waals surface area contributed by atoms with Gasteiger partial charge in [-0.05, 0) is 37.3 Å². The van der Waals surface area contributed by atoms with Crippen LogP contribution in [0.5, 0.6) is 0 Å². The third-order valence-corrected chi connectivity index (χ3v) is 3.52. The Labute approximate surface area is 149 Å². The molecule has 0 saturated heterocycles. The van der Waals surface area contributed by atoms with E-state index in [1.807, 2.05) is 6.07 Å². The zero-order valence-corrected chi connectivity index (χ0v) is 14.1. The van der Waals surface area contributed by atoms with Crippen LogP contribution in [0, 0.1) is 5.82 Å². The second kappa shape index (κ2) is 7.60. The topological polar surface area (TPSA) is 90.1 Å². The van der Waals surface area contributed by atoms with Crippen LogP contribution >= 0.6 is 0 Å². The van der Waals surface area contributed by atoms with E-state index in [2.05, 4.69) is 15.3 Å². The van der Waals surface area contributed by atoms with Crippen LogP contribution in [0.2, 0.25) is 0 Å². The lowest BCUT2D eigenvalue weighted by Crippen LogP contribution is -2.11. The van der Waals surface area contributed by atoms with Gasteiger partial charge in [0.2, 0.25) is 0 Å². The summed E-state index contributed by atoms with van der Waals surface area (Å²) < 4.78 is 18.5. The predicted molar refractivity (Wildman–Crippen MR) is 97.5 cm³/mol. The van der Waals surface area contributed by atoms with Gasteiger partial charge in [-0.25, -0.2) is 19.2 Å². The largest absolute Gasteiger partial charge is 0.462 e. The molecule has 3 N–H and O–H groups in total. The molecule has 7 heteroatoms. The number of halogens is 1. The molecule has 2 aromatic carbocycles. The van der Waals surface area contributed by atoms with Gasteiger partial charge in [0.15, 0.2) is 5.82 Å². The van der Waals surface area contributed by atoms with Gasteiger partial charge in [0, 0.05) is 23.1 Å². The number of aromatic nitrogens is 2. The number of nitrogens with two attached hydrogens (primary N) is 1. The van der Waals surface area contributed by atoms with Gasteiger partial charge in [-0.2, -0.15) is 0 Å². The van der Waals surface area contributed by atoms with Crippen LogP contribution in [-0.4, -0.2) is 22.5 Å². The molecule has 0 unspecified atom stereocenters. The number of benzene rings is 2. The molecule has 3 aromatic rings. The Kier molecular flexibility index (Phi) is 5.07. The fourth-order valence-electron chi connectivity index (χ4n) is 2.36. The van der Waals surface area contributed by atoms with Gasteiger partial charge in [-0.15, -0.1) is 0 Å². The molecule has 3 rings (SSSR count).